The number of nitrogens with one attached hydrogen (secondary N) is 4. The molecule has 4 N–H and O–H groups in total. The zero-order valence-corrected chi connectivity index (χ0v) is 27.9. The maximum absolute atomic E-state index is 13.1. The van der Waals surface area contributed by atoms with Gasteiger partial charge in [0.25, 0.3) is 0 Å². The van der Waals surface area contributed by atoms with Crippen LogP contribution in [0.1, 0.15) is 112 Å². The second-order valence-corrected chi connectivity index (χ2v) is 14.8. The van der Waals surface area contributed by atoms with Crippen molar-refractivity contribution in [3.63, 3.8) is 0 Å². The van der Waals surface area contributed by atoms with Gasteiger partial charge in [-0.3, -0.25) is 25.5 Å². The highest BCUT2D eigenvalue weighted by Crippen LogP contribution is 2.35. The van der Waals surface area contributed by atoms with E-state index in [-0.39, 0.29) is 36.0 Å². The molecule has 4 fully saturated rings. The monoisotopic (exact) mass is 605 g/mol. The van der Waals surface area contributed by atoms with E-state index in [2.05, 4.69) is 40.0 Å². The highest BCUT2D eigenvalue weighted by Gasteiger charge is 2.36. The van der Waals surface area contributed by atoms with Gasteiger partial charge in [0.2, 0.25) is 5.91 Å². The zero-order valence-electron chi connectivity index (χ0n) is 27.9. The van der Waals surface area contributed by atoms with Gasteiger partial charge in [-0.2, -0.15) is 0 Å². The Morgan fingerprint density at radius 2 is 1.49 bits per heavy atom. The van der Waals surface area contributed by atoms with Crippen LogP contribution < -0.4 is 21.3 Å². The first-order chi connectivity index (χ1) is 20.6. The lowest BCUT2D eigenvalue weighted by Crippen LogP contribution is -2.63. The van der Waals surface area contributed by atoms with Crippen molar-refractivity contribution in [1.29, 1.82) is 0 Å². The third-order valence-corrected chi connectivity index (χ3v) is 10.5. The molecule has 1 saturated heterocycles. The van der Waals surface area contributed by atoms with Crippen molar-refractivity contribution in [2.24, 2.45) is 23.7 Å². The molecule has 0 bridgehead atoms. The maximum Gasteiger partial charge on any atom is 0.309 e. The van der Waals surface area contributed by atoms with E-state index < -0.39 is 5.60 Å². The van der Waals surface area contributed by atoms with Gasteiger partial charge in [-0.1, -0.05) is 20.3 Å². The summed E-state index contributed by atoms with van der Waals surface area (Å²) in [5.41, 5.74) is -0.465. The highest BCUT2D eigenvalue weighted by atomic mass is 16.6. The Morgan fingerprint density at radius 1 is 0.814 bits per heavy atom. The fourth-order valence-electron chi connectivity index (χ4n) is 7.75. The lowest BCUT2D eigenvalue weighted by molar-refractivity contribution is -0.161. The Bertz CT molecular complexity index is 838. The zero-order chi connectivity index (χ0) is 30.8. The van der Waals surface area contributed by atoms with Crippen LogP contribution in [0.15, 0.2) is 0 Å². The number of hydrogen-bond acceptors (Lipinski definition) is 8. The quantitative estimate of drug-likeness (QED) is 0.246. The van der Waals surface area contributed by atoms with E-state index >= 15 is 0 Å². The molecule has 1 amide bonds. The van der Waals surface area contributed by atoms with Crippen molar-refractivity contribution in [2.45, 2.75) is 142 Å². The SMILES string of the molecule is CCN(CC)CCOC1CCC(NC2NCC(C3CCC(C(=O)NC4CCCC(C(=O)OC(C)(C)C)C4)CC3)CN2)CC1. The highest BCUT2D eigenvalue weighted by molar-refractivity contribution is 5.79. The molecule has 4 aliphatic rings. The third-order valence-electron chi connectivity index (χ3n) is 10.5. The van der Waals surface area contributed by atoms with Gasteiger partial charge in [0.15, 0.2) is 0 Å². The molecule has 9 heteroatoms. The normalized spacial score (nSPS) is 34.1. The van der Waals surface area contributed by atoms with E-state index in [0.29, 0.717) is 30.4 Å². The molecule has 0 spiro atoms. The predicted octanol–water partition coefficient (Wildman–Crippen LogP) is 4.16. The van der Waals surface area contributed by atoms with Crippen LogP contribution in [0.4, 0.5) is 0 Å². The van der Waals surface area contributed by atoms with Crippen LogP contribution in [0.3, 0.4) is 0 Å². The van der Waals surface area contributed by atoms with Gasteiger partial charge in [-0.05, 0) is 116 Å². The van der Waals surface area contributed by atoms with E-state index in [1.54, 1.807) is 0 Å². The summed E-state index contributed by atoms with van der Waals surface area (Å²) in [6.07, 6.45) is 12.9. The third kappa shape index (κ3) is 11.2. The van der Waals surface area contributed by atoms with Crippen molar-refractivity contribution < 1.29 is 19.1 Å². The second kappa shape index (κ2) is 16.9. The van der Waals surface area contributed by atoms with Gasteiger partial charge in [-0.25, -0.2) is 0 Å². The van der Waals surface area contributed by atoms with Crippen molar-refractivity contribution in [3.8, 4) is 0 Å². The molecule has 0 aromatic heterocycles. The van der Waals surface area contributed by atoms with Crippen LogP contribution in [0.25, 0.3) is 0 Å². The number of amides is 1. The summed E-state index contributed by atoms with van der Waals surface area (Å²) in [6.45, 7) is 16.3. The van der Waals surface area contributed by atoms with E-state index in [1.807, 2.05) is 20.8 Å². The number of carbonyl (C=O) groups excluding carboxylic acids is 2. The predicted molar refractivity (Wildman–Crippen MR) is 171 cm³/mol. The molecule has 2 unspecified atom stereocenters. The van der Waals surface area contributed by atoms with E-state index in [4.69, 9.17) is 9.47 Å². The molecule has 3 saturated carbocycles. The molecule has 0 aromatic carbocycles. The number of esters is 1. The minimum Gasteiger partial charge on any atom is -0.460 e. The first-order valence-corrected chi connectivity index (χ1v) is 17.7. The summed E-state index contributed by atoms with van der Waals surface area (Å²) in [4.78, 5) is 28.1. The van der Waals surface area contributed by atoms with Crippen LogP contribution in [-0.4, -0.2) is 86.2 Å². The van der Waals surface area contributed by atoms with Crippen molar-refractivity contribution in [1.82, 2.24) is 26.2 Å². The summed E-state index contributed by atoms with van der Waals surface area (Å²) < 4.78 is 11.8. The van der Waals surface area contributed by atoms with Crippen LogP contribution >= 0.6 is 0 Å². The van der Waals surface area contributed by atoms with Gasteiger partial charge in [-0.15, -0.1) is 0 Å². The molecule has 1 heterocycles. The minimum absolute atomic E-state index is 0.0906. The van der Waals surface area contributed by atoms with Crippen molar-refractivity contribution >= 4 is 11.9 Å². The Morgan fingerprint density at radius 3 is 2.12 bits per heavy atom. The number of nitrogens with zero attached hydrogens (tertiary/aromatic N) is 1. The molecule has 248 valence electrons. The van der Waals surface area contributed by atoms with Crippen molar-refractivity contribution in [3.05, 3.63) is 0 Å². The average molecular weight is 606 g/mol. The van der Waals surface area contributed by atoms with Gasteiger partial charge in [0.05, 0.1) is 18.6 Å². The maximum atomic E-state index is 13.1. The largest absolute Gasteiger partial charge is 0.460 e. The van der Waals surface area contributed by atoms with Crippen molar-refractivity contribution in [2.75, 3.05) is 39.3 Å². The fraction of sp³-hybridized carbons (Fsp3) is 0.941. The van der Waals surface area contributed by atoms with Gasteiger partial charge < -0.3 is 19.7 Å². The molecule has 3 aliphatic carbocycles. The fourth-order valence-corrected chi connectivity index (χ4v) is 7.75. The lowest BCUT2D eigenvalue weighted by atomic mass is 9.75. The Labute approximate surface area is 261 Å². The minimum atomic E-state index is -0.465. The molecule has 9 nitrogen and oxygen atoms in total. The first kappa shape index (κ1) is 34.6. The Hall–Kier alpha value is -1.26. The molecule has 0 radical (unpaired) electrons. The summed E-state index contributed by atoms with van der Waals surface area (Å²) >= 11 is 0. The molecule has 4 rings (SSSR count). The standard InChI is InChI=1S/C34H63N5O4/c1-6-39(7-2)19-20-42-30-17-15-28(16-18-30)38-33-35-22-27(23-36-33)24-11-13-25(14-12-24)31(40)37-29-10-8-9-26(21-29)32(41)43-34(3,4)5/h24-30,33,35-36,38H,6-23H2,1-5H3,(H,37,40). The number of hydrogen-bond donors (Lipinski definition) is 4. The first-order valence-electron chi connectivity index (χ1n) is 17.7. The average Bonchev–Trinajstić information content (AvgIpc) is 3.00. The molecular formula is C34H63N5O4. The van der Waals surface area contributed by atoms with E-state index in [9.17, 15) is 9.59 Å². The molecular weight excluding hydrogens is 542 g/mol. The molecule has 1 aliphatic heterocycles. The molecule has 0 aromatic rings. The summed E-state index contributed by atoms with van der Waals surface area (Å²) in [6, 6.07) is 0.634. The van der Waals surface area contributed by atoms with Crippen LogP contribution in [0, 0.1) is 23.7 Å². The molecule has 43 heavy (non-hydrogen) atoms. The Kier molecular flexibility index (Phi) is 13.6. The number of rotatable bonds is 12. The van der Waals surface area contributed by atoms with Crippen LogP contribution in [0.5, 0.6) is 0 Å². The van der Waals surface area contributed by atoms with Crippen LogP contribution in [0.2, 0.25) is 0 Å². The van der Waals surface area contributed by atoms with Crippen LogP contribution in [-0.2, 0) is 19.1 Å². The van der Waals surface area contributed by atoms with Gasteiger partial charge in [0, 0.05) is 37.6 Å². The summed E-state index contributed by atoms with van der Waals surface area (Å²) in [5, 5.41) is 14.6. The lowest BCUT2D eigenvalue weighted by Gasteiger charge is -2.40. The van der Waals surface area contributed by atoms with E-state index in [0.717, 1.165) is 97.1 Å². The Balaban J connectivity index is 1.08. The topological polar surface area (TPSA) is 104 Å². The number of likely N-dealkylation sites (N-methyl/N-ethyl adjacent to an activating group) is 1. The number of carbonyl (C=O) groups is 2. The summed E-state index contributed by atoms with van der Waals surface area (Å²) in [7, 11) is 0. The molecule has 2 atom stereocenters. The number of ether oxygens (including phenoxy) is 2. The smallest absolute Gasteiger partial charge is 0.309 e. The van der Waals surface area contributed by atoms with E-state index in [1.165, 1.54) is 12.8 Å². The second-order valence-electron chi connectivity index (χ2n) is 14.8. The van der Waals surface area contributed by atoms with Gasteiger partial charge in [0.1, 0.15) is 11.9 Å². The summed E-state index contributed by atoms with van der Waals surface area (Å²) in [5.74, 6) is 1.37. The van der Waals surface area contributed by atoms with Gasteiger partial charge >= 0.3 is 5.97 Å².